The number of nitrogens with zero attached hydrogens (tertiary/aromatic N) is 2. The van der Waals surface area contributed by atoms with Crippen LogP contribution in [0.3, 0.4) is 0 Å². The van der Waals surface area contributed by atoms with Crippen LogP contribution in [0.25, 0.3) is 0 Å². The van der Waals surface area contributed by atoms with Gasteiger partial charge in [0.15, 0.2) is 0 Å². The maximum atomic E-state index is 14.0. The third-order valence-electron chi connectivity index (χ3n) is 7.19. The lowest BCUT2D eigenvalue weighted by Crippen LogP contribution is -2.53. The van der Waals surface area contributed by atoms with Gasteiger partial charge in [-0.15, -0.1) is 0 Å². The second kappa shape index (κ2) is 14.1. The molecule has 7 nitrogen and oxygen atoms in total. The Morgan fingerprint density at radius 2 is 1.61 bits per heavy atom. The topological polar surface area (TPSA) is 86.8 Å². The van der Waals surface area contributed by atoms with Gasteiger partial charge < -0.3 is 10.2 Å². The molecule has 0 aromatic heterocycles. The summed E-state index contributed by atoms with van der Waals surface area (Å²) in [6.45, 7) is 1.24. The Morgan fingerprint density at radius 3 is 2.24 bits per heavy atom. The van der Waals surface area contributed by atoms with Gasteiger partial charge in [0.05, 0.1) is 20.6 Å². The lowest BCUT2D eigenvalue weighted by atomic mass is 9.95. The van der Waals surface area contributed by atoms with Crippen molar-refractivity contribution in [2.75, 3.05) is 10.8 Å². The molecule has 1 N–H and O–H groups in total. The largest absolute Gasteiger partial charge is 0.352 e. The van der Waals surface area contributed by atoms with Crippen LogP contribution < -0.4 is 9.62 Å². The Bertz CT molecular complexity index is 1470. The Balaban J connectivity index is 1.68. The molecule has 1 saturated carbocycles. The summed E-state index contributed by atoms with van der Waals surface area (Å²) in [4.78, 5) is 28.9. The summed E-state index contributed by atoms with van der Waals surface area (Å²) >= 11 is 15.8. The highest BCUT2D eigenvalue weighted by molar-refractivity contribution is 9.10. The van der Waals surface area contributed by atoms with Crippen molar-refractivity contribution in [3.63, 3.8) is 0 Å². The first kappa shape index (κ1) is 31.3. The fourth-order valence-electron chi connectivity index (χ4n) is 4.83. The third kappa shape index (κ3) is 8.03. The Labute approximate surface area is 260 Å². The summed E-state index contributed by atoms with van der Waals surface area (Å²) in [5.74, 6) is -0.806. The minimum atomic E-state index is -4.18. The van der Waals surface area contributed by atoms with Gasteiger partial charge in [0, 0.05) is 17.1 Å². The second-order valence-corrected chi connectivity index (χ2v) is 13.7. The number of carbonyl (C=O) groups is 2. The van der Waals surface area contributed by atoms with E-state index in [0.717, 1.165) is 46.4 Å². The first-order valence-electron chi connectivity index (χ1n) is 13.4. The molecule has 0 bridgehead atoms. The molecule has 0 heterocycles. The van der Waals surface area contributed by atoms with Gasteiger partial charge in [-0.05, 0) is 67.8 Å². The van der Waals surface area contributed by atoms with Crippen LogP contribution in [0.15, 0.2) is 82.2 Å². The number of carbonyl (C=O) groups excluding carboxylic acids is 2. The predicted octanol–water partition coefficient (Wildman–Crippen LogP) is 6.82. The van der Waals surface area contributed by atoms with Gasteiger partial charge >= 0.3 is 0 Å². The highest BCUT2D eigenvalue weighted by atomic mass is 79.9. The predicted molar refractivity (Wildman–Crippen MR) is 167 cm³/mol. The monoisotopic (exact) mass is 679 g/mol. The Hall–Kier alpha value is -2.59. The van der Waals surface area contributed by atoms with Gasteiger partial charge in [0.2, 0.25) is 11.8 Å². The van der Waals surface area contributed by atoms with E-state index in [-0.39, 0.29) is 39.1 Å². The van der Waals surface area contributed by atoms with Gasteiger partial charge in [0.1, 0.15) is 12.6 Å². The number of rotatable bonds is 10. The van der Waals surface area contributed by atoms with E-state index in [0.29, 0.717) is 0 Å². The molecule has 11 heteroatoms. The van der Waals surface area contributed by atoms with Crippen molar-refractivity contribution in [1.29, 1.82) is 0 Å². The minimum absolute atomic E-state index is 0.0152. The quantitative estimate of drug-likeness (QED) is 0.255. The minimum Gasteiger partial charge on any atom is -0.352 e. The summed E-state index contributed by atoms with van der Waals surface area (Å²) in [7, 11) is -4.18. The van der Waals surface area contributed by atoms with Gasteiger partial charge in [-0.3, -0.25) is 13.9 Å². The van der Waals surface area contributed by atoms with Crippen molar-refractivity contribution in [2.24, 2.45) is 0 Å². The maximum Gasteiger partial charge on any atom is 0.264 e. The molecule has 0 spiro atoms. The van der Waals surface area contributed by atoms with Crippen LogP contribution in [0, 0.1) is 0 Å². The van der Waals surface area contributed by atoms with Gasteiger partial charge in [-0.2, -0.15) is 0 Å². The van der Waals surface area contributed by atoms with Crippen LogP contribution in [0.4, 0.5) is 5.69 Å². The van der Waals surface area contributed by atoms with Crippen LogP contribution in [0.1, 0.15) is 44.6 Å². The van der Waals surface area contributed by atoms with Crippen molar-refractivity contribution in [2.45, 2.75) is 62.6 Å². The number of hydrogen-bond donors (Lipinski definition) is 1. The molecular formula is C30H32BrCl2N3O4S. The first-order chi connectivity index (χ1) is 19.6. The van der Waals surface area contributed by atoms with Crippen molar-refractivity contribution in [3.05, 3.63) is 92.9 Å². The number of nitrogens with one attached hydrogen (secondary N) is 1. The first-order valence-corrected chi connectivity index (χ1v) is 16.4. The van der Waals surface area contributed by atoms with E-state index in [9.17, 15) is 18.0 Å². The van der Waals surface area contributed by atoms with Crippen LogP contribution in [0.5, 0.6) is 0 Å². The number of hydrogen-bond acceptors (Lipinski definition) is 4. The molecule has 41 heavy (non-hydrogen) atoms. The Kier molecular flexibility index (Phi) is 10.7. The lowest BCUT2D eigenvalue weighted by molar-refractivity contribution is -0.139. The molecule has 2 amide bonds. The van der Waals surface area contributed by atoms with Crippen LogP contribution in [-0.2, 0) is 26.2 Å². The van der Waals surface area contributed by atoms with E-state index in [1.54, 1.807) is 25.1 Å². The average Bonchev–Trinajstić information content (AvgIpc) is 2.97. The smallest absolute Gasteiger partial charge is 0.264 e. The van der Waals surface area contributed by atoms with Crippen LogP contribution in [0.2, 0.25) is 10.0 Å². The molecule has 0 aliphatic heterocycles. The van der Waals surface area contributed by atoms with Crippen LogP contribution >= 0.6 is 39.1 Å². The molecule has 3 aromatic rings. The summed E-state index contributed by atoms with van der Waals surface area (Å²) in [5.41, 5.74) is 0.977. The molecule has 0 unspecified atom stereocenters. The molecule has 218 valence electrons. The molecule has 0 radical (unpaired) electrons. The van der Waals surface area contributed by atoms with Crippen molar-refractivity contribution < 1.29 is 18.0 Å². The molecule has 0 saturated heterocycles. The normalized spacial score (nSPS) is 14.7. The average molecular weight is 681 g/mol. The molecule has 4 rings (SSSR count). The summed E-state index contributed by atoms with van der Waals surface area (Å²) in [5, 5.41) is 3.50. The number of anilines is 1. The summed E-state index contributed by atoms with van der Waals surface area (Å²) in [6, 6.07) is 18.9. The molecular weight excluding hydrogens is 649 g/mol. The van der Waals surface area contributed by atoms with E-state index < -0.39 is 28.5 Å². The number of benzene rings is 3. The van der Waals surface area contributed by atoms with Gasteiger partial charge in [-0.25, -0.2) is 8.42 Å². The molecule has 1 aliphatic rings. The molecule has 1 aliphatic carbocycles. The third-order valence-corrected chi connectivity index (χ3v) is 10.2. The second-order valence-electron chi connectivity index (χ2n) is 10.1. The lowest BCUT2D eigenvalue weighted by Gasteiger charge is -2.33. The number of amides is 2. The van der Waals surface area contributed by atoms with Gasteiger partial charge in [0.25, 0.3) is 10.0 Å². The highest BCUT2D eigenvalue weighted by Crippen LogP contribution is 2.31. The summed E-state index contributed by atoms with van der Waals surface area (Å²) < 4.78 is 29.6. The maximum absolute atomic E-state index is 14.0. The van der Waals surface area contributed by atoms with E-state index in [2.05, 4.69) is 21.2 Å². The van der Waals surface area contributed by atoms with Crippen LogP contribution in [-0.4, -0.2) is 43.8 Å². The highest BCUT2D eigenvalue weighted by Gasteiger charge is 2.33. The van der Waals surface area contributed by atoms with E-state index in [1.807, 2.05) is 24.3 Å². The van der Waals surface area contributed by atoms with E-state index >= 15 is 0 Å². The fraction of sp³-hybridized carbons (Fsp3) is 0.333. The fourth-order valence-corrected chi connectivity index (χ4v) is 6.81. The molecule has 1 atom stereocenters. The Morgan fingerprint density at radius 1 is 0.951 bits per heavy atom. The summed E-state index contributed by atoms with van der Waals surface area (Å²) in [6.07, 6.45) is 5.06. The standard InChI is InChI=1S/C30H32BrCl2N3O4S/c1-21(30(38)34-24-8-4-2-5-9-24)35(19-22-12-14-23(31)15-13-22)29(37)20-36(25-16-17-27(32)28(33)18-25)41(39,40)26-10-6-3-7-11-26/h3,6-7,10-18,21,24H,2,4-5,8-9,19-20H2,1H3,(H,34,38)/t21-/m1/s1. The zero-order valence-corrected chi connectivity index (χ0v) is 26.5. The van der Waals surface area contributed by atoms with E-state index in [4.69, 9.17) is 23.2 Å². The van der Waals surface area contributed by atoms with Gasteiger partial charge in [-0.1, -0.05) is 88.7 Å². The zero-order valence-electron chi connectivity index (χ0n) is 22.6. The van der Waals surface area contributed by atoms with E-state index in [1.165, 1.54) is 35.2 Å². The number of halogens is 3. The number of sulfonamides is 1. The van der Waals surface area contributed by atoms with Crippen molar-refractivity contribution in [1.82, 2.24) is 10.2 Å². The molecule has 1 fully saturated rings. The zero-order chi connectivity index (χ0) is 29.6. The molecule has 3 aromatic carbocycles. The van der Waals surface area contributed by atoms with Crippen molar-refractivity contribution >= 4 is 66.7 Å². The van der Waals surface area contributed by atoms with Crippen molar-refractivity contribution in [3.8, 4) is 0 Å². The SMILES string of the molecule is C[C@H](C(=O)NC1CCCCC1)N(Cc1ccc(Br)cc1)C(=O)CN(c1ccc(Cl)c(Cl)c1)S(=O)(=O)c1ccccc1.